The van der Waals surface area contributed by atoms with Gasteiger partial charge in [-0.25, -0.2) is 9.97 Å². The Morgan fingerprint density at radius 1 is 1.35 bits per heavy atom. The molecule has 0 amide bonds. The van der Waals surface area contributed by atoms with Gasteiger partial charge in [0.25, 0.3) is 0 Å². The van der Waals surface area contributed by atoms with Crippen molar-refractivity contribution in [3.05, 3.63) is 35.9 Å². The van der Waals surface area contributed by atoms with Gasteiger partial charge in [0.1, 0.15) is 5.82 Å². The number of hydrogen-bond donors (Lipinski definition) is 1. The Hall–Kier alpha value is -1.62. The van der Waals surface area contributed by atoms with Crippen molar-refractivity contribution in [2.24, 2.45) is 0 Å². The summed E-state index contributed by atoms with van der Waals surface area (Å²) in [6.45, 7) is 6.32. The predicted octanol–water partition coefficient (Wildman–Crippen LogP) is 1.77. The summed E-state index contributed by atoms with van der Waals surface area (Å²) >= 11 is 0. The lowest BCUT2D eigenvalue weighted by Gasteiger charge is -2.16. The van der Waals surface area contributed by atoms with E-state index in [0.29, 0.717) is 0 Å². The molecule has 20 heavy (non-hydrogen) atoms. The van der Waals surface area contributed by atoms with Crippen LogP contribution in [0.5, 0.6) is 0 Å². The molecule has 1 aliphatic heterocycles. The van der Waals surface area contributed by atoms with Gasteiger partial charge in [0.05, 0.1) is 12.0 Å². The SMILES string of the molecule is CCCc1nc2c(n1CCCn1ccnc1)CCNC2. The summed E-state index contributed by atoms with van der Waals surface area (Å²) in [7, 11) is 0. The summed E-state index contributed by atoms with van der Waals surface area (Å²) in [4.78, 5) is 8.93. The molecular weight excluding hydrogens is 250 g/mol. The predicted molar refractivity (Wildman–Crippen MR) is 78.5 cm³/mol. The molecule has 0 spiro atoms. The molecule has 5 heteroatoms. The molecule has 0 bridgehead atoms. The molecule has 5 nitrogen and oxygen atoms in total. The molecule has 2 aromatic rings. The molecule has 0 saturated heterocycles. The largest absolute Gasteiger partial charge is 0.337 e. The van der Waals surface area contributed by atoms with E-state index in [2.05, 4.69) is 26.4 Å². The van der Waals surface area contributed by atoms with Crippen molar-refractivity contribution in [2.75, 3.05) is 6.54 Å². The van der Waals surface area contributed by atoms with E-state index < -0.39 is 0 Å². The number of aryl methyl sites for hydroxylation is 2. The summed E-state index contributed by atoms with van der Waals surface area (Å²) in [5.74, 6) is 1.27. The molecule has 0 aliphatic carbocycles. The van der Waals surface area contributed by atoms with Crippen LogP contribution >= 0.6 is 0 Å². The fourth-order valence-electron chi connectivity index (χ4n) is 2.94. The number of aromatic nitrogens is 4. The van der Waals surface area contributed by atoms with Gasteiger partial charge < -0.3 is 14.5 Å². The molecule has 0 radical (unpaired) electrons. The Kier molecular flexibility index (Phi) is 4.16. The molecule has 3 rings (SSSR count). The Bertz CT molecular complexity index is 541. The van der Waals surface area contributed by atoms with E-state index >= 15 is 0 Å². The van der Waals surface area contributed by atoms with Gasteiger partial charge in [0.15, 0.2) is 0 Å². The van der Waals surface area contributed by atoms with Crippen molar-refractivity contribution < 1.29 is 0 Å². The number of hydrogen-bond acceptors (Lipinski definition) is 3. The van der Waals surface area contributed by atoms with Crippen molar-refractivity contribution in [1.29, 1.82) is 0 Å². The van der Waals surface area contributed by atoms with Crippen LogP contribution in [0.3, 0.4) is 0 Å². The average Bonchev–Trinajstić information content (AvgIpc) is 3.08. The van der Waals surface area contributed by atoms with Crippen molar-refractivity contribution in [3.63, 3.8) is 0 Å². The molecule has 0 fully saturated rings. The van der Waals surface area contributed by atoms with Crippen LogP contribution in [0.25, 0.3) is 0 Å². The van der Waals surface area contributed by atoms with Crippen LogP contribution in [0, 0.1) is 0 Å². The van der Waals surface area contributed by atoms with Crippen LogP contribution in [0.1, 0.15) is 37.0 Å². The third kappa shape index (κ3) is 2.77. The van der Waals surface area contributed by atoms with Gasteiger partial charge in [-0.05, 0) is 12.8 Å². The first kappa shape index (κ1) is 13.4. The highest BCUT2D eigenvalue weighted by Crippen LogP contribution is 2.18. The van der Waals surface area contributed by atoms with E-state index in [1.807, 2.05) is 18.7 Å². The zero-order valence-corrected chi connectivity index (χ0v) is 12.2. The van der Waals surface area contributed by atoms with Crippen molar-refractivity contribution in [3.8, 4) is 0 Å². The summed E-state index contributed by atoms with van der Waals surface area (Å²) in [5, 5.41) is 3.41. The average molecular weight is 273 g/mol. The van der Waals surface area contributed by atoms with Gasteiger partial charge in [0, 0.05) is 57.1 Å². The number of nitrogens with zero attached hydrogens (tertiary/aromatic N) is 4. The third-order valence-electron chi connectivity index (χ3n) is 3.90. The Balaban J connectivity index is 1.71. The highest BCUT2D eigenvalue weighted by atomic mass is 15.1. The number of nitrogens with one attached hydrogen (secondary N) is 1. The van der Waals surface area contributed by atoms with E-state index in [1.54, 1.807) is 0 Å². The van der Waals surface area contributed by atoms with Gasteiger partial charge in [-0.2, -0.15) is 0 Å². The Morgan fingerprint density at radius 2 is 2.30 bits per heavy atom. The second-order valence-corrected chi connectivity index (χ2v) is 5.40. The lowest BCUT2D eigenvalue weighted by atomic mass is 10.2. The molecule has 0 aromatic carbocycles. The second kappa shape index (κ2) is 6.22. The summed E-state index contributed by atoms with van der Waals surface area (Å²) in [5.41, 5.74) is 2.72. The van der Waals surface area contributed by atoms with E-state index in [9.17, 15) is 0 Å². The molecule has 0 saturated carbocycles. The van der Waals surface area contributed by atoms with Gasteiger partial charge in [-0.3, -0.25) is 0 Å². The standard InChI is InChI=1S/C15H23N5/c1-2-4-15-18-13-11-16-6-5-14(13)20(15)9-3-8-19-10-7-17-12-19/h7,10,12,16H,2-6,8-9,11H2,1H3. The smallest absolute Gasteiger partial charge is 0.109 e. The topological polar surface area (TPSA) is 47.7 Å². The summed E-state index contributed by atoms with van der Waals surface area (Å²) in [6.07, 6.45) is 10.2. The van der Waals surface area contributed by atoms with E-state index in [-0.39, 0.29) is 0 Å². The lowest BCUT2D eigenvalue weighted by molar-refractivity contribution is 0.521. The highest BCUT2D eigenvalue weighted by molar-refractivity contribution is 5.20. The maximum absolute atomic E-state index is 4.84. The van der Waals surface area contributed by atoms with Crippen LogP contribution in [0.15, 0.2) is 18.7 Å². The van der Waals surface area contributed by atoms with Gasteiger partial charge in [-0.1, -0.05) is 6.92 Å². The van der Waals surface area contributed by atoms with E-state index in [1.165, 1.54) is 17.2 Å². The first-order chi connectivity index (χ1) is 9.88. The molecule has 2 aromatic heterocycles. The highest BCUT2D eigenvalue weighted by Gasteiger charge is 2.18. The van der Waals surface area contributed by atoms with Crippen LogP contribution in [-0.4, -0.2) is 25.6 Å². The lowest BCUT2D eigenvalue weighted by Crippen LogP contribution is -2.25. The monoisotopic (exact) mass is 273 g/mol. The molecule has 1 aliphatic rings. The number of fused-ring (bicyclic) bond motifs is 1. The third-order valence-corrected chi connectivity index (χ3v) is 3.90. The minimum atomic E-state index is 0.931. The molecule has 1 N–H and O–H groups in total. The maximum atomic E-state index is 4.84. The molecule has 0 unspecified atom stereocenters. The maximum Gasteiger partial charge on any atom is 0.109 e. The quantitative estimate of drug-likeness (QED) is 0.872. The second-order valence-electron chi connectivity index (χ2n) is 5.40. The van der Waals surface area contributed by atoms with Gasteiger partial charge >= 0.3 is 0 Å². The Labute approximate surface area is 120 Å². The van der Waals surface area contributed by atoms with Crippen LogP contribution in [0.2, 0.25) is 0 Å². The zero-order valence-electron chi connectivity index (χ0n) is 12.2. The molecule has 0 atom stereocenters. The van der Waals surface area contributed by atoms with Crippen molar-refractivity contribution in [2.45, 2.75) is 52.2 Å². The van der Waals surface area contributed by atoms with Crippen LogP contribution in [-0.2, 0) is 32.5 Å². The first-order valence-electron chi connectivity index (χ1n) is 7.62. The first-order valence-corrected chi connectivity index (χ1v) is 7.62. The molecule has 3 heterocycles. The fraction of sp³-hybridized carbons (Fsp3) is 0.600. The fourth-order valence-corrected chi connectivity index (χ4v) is 2.94. The normalized spacial score (nSPS) is 14.4. The summed E-state index contributed by atoms with van der Waals surface area (Å²) < 4.78 is 4.61. The van der Waals surface area contributed by atoms with Crippen LogP contribution < -0.4 is 5.32 Å². The van der Waals surface area contributed by atoms with Crippen LogP contribution in [0.4, 0.5) is 0 Å². The van der Waals surface area contributed by atoms with Crippen molar-refractivity contribution in [1.82, 2.24) is 24.4 Å². The Morgan fingerprint density at radius 3 is 3.10 bits per heavy atom. The minimum Gasteiger partial charge on any atom is -0.337 e. The number of rotatable bonds is 6. The molecular formula is C15H23N5. The van der Waals surface area contributed by atoms with E-state index in [4.69, 9.17) is 4.98 Å². The zero-order chi connectivity index (χ0) is 13.8. The number of imidazole rings is 2. The minimum absolute atomic E-state index is 0.931. The summed E-state index contributed by atoms with van der Waals surface area (Å²) in [6, 6.07) is 0. The van der Waals surface area contributed by atoms with Gasteiger partial charge in [0.2, 0.25) is 0 Å². The van der Waals surface area contributed by atoms with Crippen molar-refractivity contribution >= 4 is 0 Å². The van der Waals surface area contributed by atoms with E-state index in [0.717, 1.165) is 51.9 Å². The molecule has 108 valence electrons. The van der Waals surface area contributed by atoms with Gasteiger partial charge in [-0.15, -0.1) is 0 Å².